The monoisotopic (exact) mass is 604 g/mol. The Morgan fingerprint density at radius 1 is 0.952 bits per heavy atom. The maximum atomic E-state index is 11.3. The molecule has 0 amide bonds. The van der Waals surface area contributed by atoms with Gasteiger partial charge in [-0.25, -0.2) is 15.0 Å². The molecule has 2 aromatic carbocycles. The zero-order valence-corrected chi connectivity index (χ0v) is 24.3. The van der Waals surface area contributed by atoms with Gasteiger partial charge in [-0.1, -0.05) is 59.6 Å². The topological polar surface area (TPSA) is 115 Å². The minimum absolute atomic E-state index is 0.0813. The lowest BCUT2D eigenvalue weighted by atomic mass is 9.95. The van der Waals surface area contributed by atoms with Crippen molar-refractivity contribution >= 4 is 35.5 Å². The van der Waals surface area contributed by atoms with Gasteiger partial charge in [0.1, 0.15) is 0 Å². The van der Waals surface area contributed by atoms with Crippen molar-refractivity contribution in [3.63, 3.8) is 0 Å². The molecule has 1 aliphatic carbocycles. The highest BCUT2D eigenvalue weighted by Crippen LogP contribution is 2.46. The molecule has 0 unspecified atom stereocenters. The van der Waals surface area contributed by atoms with Gasteiger partial charge in [0.15, 0.2) is 12.0 Å². The number of nitrogens with zero attached hydrogens (tertiary/aromatic N) is 4. The van der Waals surface area contributed by atoms with Crippen molar-refractivity contribution in [2.75, 3.05) is 27.3 Å². The Morgan fingerprint density at radius 3 is 2.14 bits per heavy atom. The van der Waals surface area contributed by atoms with E-state index in [1.807, 2.05) is 42.5 Å². The highest BCUT2D eigenvalue weighted by atomic mass is 35.5. The molecule has 1 saturated heterocycles. The number of carboxylic acid groups (broad SMARTS) is 1. The van der Waals surface area contributed by atoms with E-state index in [2.05, 4.69) is 14.9 Å². The first-order valence-electron chi connectivity index (χ1n) is 13.3. The lowest BCUT2D eigenvalue weighted by Crippen LogP contribution is -2.51. The van der Waals surface area contributed by atoms with E-state index in [1.165, 1.54) is 13.3 Å². The number of carboxylic acids is 1. The standard InChI is InChI=1S/C31H26Cl2N4O5/c1-41-29-24(15-38)34-12-23(36-29)21-8-4-6-19(28(21)33)18-5-3-7-20(27(18)32)22-11-16-9-10-25(26(16)30(35-22)42-2)37-13-17(14-37)31(39)40/h3-8,11-12,15,17,25H,9-10,13-14H2,1-2H3,(H,39,40)/t25-/m0/s1. The first-order chi connectivity index (χ1) is 20.3. The van der Waals surface area contributed by atoms with Crippen LogP contribution in [0.3, 0.4) is 0 Å². The Morgan fingerprint density at radius 2 is 1.55 bits per heavy atom. The van der Waals surface area contributed by atoms with Gasteiger partial charge < -0.3 is 14.6 Å². The van der Waals surface area contributed by atoms with Crippen molar-refractivity contribution in [3.05, 3.63) is 75.5 Å². The molecule has 0 spiro atoms. The van der Waals surface area contributed by atoms with Gasteiger partial charge in [-0.2, -0.15) is 0 Å². The van der Waals surface area contributed by atoms with Gasteiger partial charge in [-0.3, -0.25) is 14.5 Å². The number of carbonyl (C=O) groups is 2. The summed E-state index contributed by atoms with van der Waals surface area (Å²) < 4.78 is 11.0. The summed E-state index contributed by atoms with van der Waals surface area (Å²) >= 11 is 14.0. The lowest BCUT2D eigenvalue weighted by molar-refractivity contribution is -0.148. The molecule has 2 aliphatic rings. The molecule has 2 aromatic heterocycles. The molecule has 0 saturated carbocycles. The van der Waals surface area contributed by atoms with E-state index in [4.69, 9.17) is 37.7 Å². The van der Waals surface area contributed by atoms with Crippen LogP contribution in [0.2, 0.25) is 10.0 Å². The number of hydrogen-bond donors (Lipinski definition) is 1. The normalized spacial score (nSPS) is 16.5. The van der Waals surface area contributed by atoms with Crippen LogP contribution < -0.4 is 9.47 Å². The molecular formula is C31H26Cl2N4O5. The largest absolute Gasteiger partial charge is 0.481 e. The Hall–Kier alpha value is -4.05. The number of rotatable bonds is 8. The molecule has 1 atom stereocenters. The number of pyridine rings is 1. The second-order valence-electron chi connectivity index (χ2n) is 10.2. The minimum atomic E-state index is -0.756. The molecule has 214 valence electrons. The Kier molecular flexibility index (Phi) is 7.57. The highest BCUT2D eigenvalue weighted by molar-refractivity contribution is 6.39. The average molecular weight is 605 g/mol. The van der Waals surface area contributed by atoms with Crippen LogP contribution in [0.4, 0.5) is 0 Å². The summed E-state index contributed by atoms with van der Waals surface area (Å²) in [7, 11) is 3.02. The van der Waals surface area contributed by atoms with Crippen molar-refractivity contribution in [2.45, 2.75) is 18.9 Å². The van der Waals surface area contributed by atoms with Gasteiger partial charge in [-0.05, 0) is 24.5 Å². The smallest absolute Gasteiger partial charge is 0.309 e. The summed E-state index contributed by atoms with van der Waals surface area (Å²) in [5, 5.41) is 10.2. The van der Waals surface area contributed by atoms with Gasteiger partial charge in [0.05, 0.1) is 47.8 Å². The van der Waals surface area contributed by atoms with E-state index in [0.717, 1.165) is 29.5 Å². The summed E-state index contributed by atoms with van der Waals surface area (Å²) in [5.41, 5.74) is 6.11. The molecule has 42 heavy (non-hydrogen) atoms. The third-order valence-electron chi connectivity index (χ3n) is 7.93. The summed E-state index contributed by atoms with van der Waals surface area (Å²) in [6.07, 6.45) is 3.77. The van der Waals surface area contributed by atoms with Crippen molar-refractivity contribution < 1.29 is 24.2 Å². The van der Waals surface area contributed by atoms with E-state index in [-0.39, 0.29) is 23.5 Å². The fourth-order valence-electron chi connectivity index (χ4n) is 5.78. The molecule has 1 aliphatic heterocycles. The predicted molar refractivity (Wildman–Crippen MR) is 158 cm³/mol. The fourth-order valence-corrected chi connectivity index (χ4v) is 6.43. The fraction of sp³-hybridized carbons (Fsp3) is 0.258. The number of methoxy groups -OCH3 is 2. The van der Waals surface area contributed by atoms with Gasteiger partial charge in [0.25, 0.3) is 0 Å². The van der Waals surface area contributed by atoms with Crippen LogP contribution in [0.5, 0.6) is 11.8 Å². The lowest BCUT2D eigenvalue weighted by Gasteiger charge is -2.41. The maximum absolute atomic E-state index is 11.3. The molecule has 1 N–H and O–H groups in total. The van der Waals surface area contributed by atoms with E-state index >= 15 is 0 Å². The molecule has 0 bridgehead atoms. The molecule has 6 rings (SSSR count). The third kappa shape index (κ3) is 4.77. The van der Waals surface area contributed by atoms with E-state index in [9.17, 15) is 14.7 Å². The molecule has 4 aromatic rings. The summed E-state index contributed by atoms with van der Waals surface area (Å²) in [4.78, 5) is 38.2. The average Bonchev–Trinajstić information content (AvgIpc) is 3.39. The summed E-state index contributed by atoms with van der Waals surface area (Å²) in [6, 6.07) is 13.4. The van der Waals surface area contributed by atoms with Crippen molar-refractivity contribution in [1.29, 1.82) is 0 Å². The van der Waals surface area contributed by atoms with Crippen LogP contribution in [0, 0.1) is 5.92 Å². The highest BCUT2D eigenvalue weighted by Gasteiger charge is 2.41. The van der Waals surface area contributed by atoms with Gasteiger partial charge in [0, 0.05) is 46.9 Å². The van der Waals surface area contributed by atoms with Crippen LogP contribution >= 0.6 is 23.2 Å². The van der Waals surface area contributed by atoms with Crippen molar-refractivity contribution in [2.24, 2.45) is 5.92 Å². The van der Waals surface area contributed by atoms with E-state index in [1.54, 1.807) is 7.11 Å². The second-order valence-corrected chi connectivity index (χ2v) is 11.0. The zero-order valence-electron chi connectivity index (χ0n) is 22.8. The van der Waals surface area contributed by atoms with Crippen LogP contribution in [0.25, 0.3) is 33.6 Å². The first-order valence-corrected chi connectivity index (χ1v) is 14.1. The van der Waals surface area contributed by atoms with Crippen LogP contribution in [0.1, 0.15) is 34.1 Å². The zero-order chi connectivity index (χ0) is 29.5. The number of aromatic nitrogens is 3. The number of ether oxygens (including phenoxy) is 2. The molecule has 1 fully saturated rings. The molecule has 0 radical (unpaired) electrons. The second kappa shape index (κ2) is 11.3. The SMILES string of the molecule is COc1nc(-c2cccc(-c3cccc(-c4cc5c(c(OC)n4)[C@@H](N4CC(C(=O)O)C4)CC5)c3Cl)c2Cl)cnc1C=O. The van der Waals surface area contributed by atoms with Crippen molar-refractivity contribution in [1.82, 2.24) is 19.9 Å². The number of likely N-dealkylation sites (tertiary alicyclic amines) is 1. The number of halogens is 2. The van der Waals surface area contributed by atoms with E-state index < -0.39 is 5.97 Å². The Labute approximate surface area is 252 Å². The molecule has 9 nitrogen and oxygen atoms in total. The summed E-state index contributed by atoms with van der Waals surface area (Å²) in [6.45, 7) is 1.05. The number of aliphatic carboxylic acids is 1. The quantitative estimate of drug-likeness (QED) is 0.241. The number of hydrogen-bond acceptors (Lipinski definition) is 8. The molecule has 11 heteroatoms. The summed E-state index contributed by atoms with van der Waals surface area (Å²) in [5.74, 6) is -0.451. The van der Waals surface area contributed by atoms with Gasteiger partial charge in [-0.15, -0.1) is 0 Å². The number of aldehydes is 1. The number of carbonyl (C=O) groups excluding carboxylic acids is 1. The molecule has 3 heterocycles. The molecular weight excluding hydrogens is 579 g/mol. The number of aryl methyl sites for hydroxylation is 1. The van der Waals surface area contributed by atoms with E-state index in [0.29, 0.717) is 63.4 Å². The van der Waals surface area contributed by atoms with Gasteiger partial charge in [0.2, 0.25) is 11.8 Å². The minimum Gasteiger partial charge on any atom is -0.481 e. The Bertz CT molecular complexity index is 1720. The first kappa shape index (κ1) is 28.1. The predicted octanol–water partition coefficient (Wildman–Crippen LogP) is 6.01. The number of fused-ring (bicyclic) bond motifs is 1. The third-order valence-corrected chi connectivity index (χ3v) is 8.75. The Balaban J connectivity index is 1.37. The van der Waals surface area contributed by atoms with Crippen LogP contribution in [-0.4, -0.2) is 64.5 Å². The maximum Gasteiger partial charge on any atom is 0.309 e. The van der Waals surface area contributed by atoms with Crippen LogP contribution in [0.15, 0.2) is 48.7 Å². The van der Waals surface area contributed by atoms with Crippen LogP contribution in [-0.2, 0) is 11.2 Å². The van der Waals surface area contributed by atoms with Gasteiger partial charge >= 0.3 is 5.97 Å². The number of benzene rings is 2. The van der Waals surface area contributed by atoms with Crippen molar-refractivity contribution in [3.8, 4) is 45.4 Å².